The molecule has 1 aliphatic heterocycles. The summed E-state index contributed by atoms with van der Waals surface area (Å²) in [6, 6.07) is 0.244. The van der Waals surface area contributed by atoms with Gasteiger partial charge in [-0.1, -0.05) is 0 Å². The number of rotatable bonds is 3. The fraction of sp³-hybridized carbons (Fsp3) is 0.818. The Morgan fingerprint density at radius 1 is 1.38 bits per heavy atom. The molecule has 5 nitrogen and oxygen atoms in total. The molecular weight excluding hydrogens is 204 g/mol. The molecule has 1 aliphatic rings. The molecule has 1 rings (SSSR count). The van der Waals surface area contributed by atoms with Gasteiger partial charge in [0.15, 0.2) is 5.96 Å². The summed E-state index contributed by atoms with van der Waals surface area (Å²) < 4.78 is 0. The highest BCUT2D eigenvalue weighted by atomic mass is 16.2. The number of hydrogen-bond donors (Lipinski definition) is 2. The highest BCUT2D eigenvalue weighted by Crippen LogP contribution is 2.08. The Balaban J connectivity index is 2.32. The number of piperidine rings is 1. The van der Waals surface area contributed by atoms with E-state index in [1.54, 1.807) is 0 Å². The first-order valence-corrected chi connectivity index (χ1v) is 5.94. The third-order valence-electron chi connectivity index (χ3n) is 2.53. The number of hydrogen-bond acceptors (Lipinski definition) is 2. The van der Waals surface area contributed by atoms with Crippen molar-refractivity contribution in [2.24, 2.45) is 10.7 Å². The minimum atomic E-state index is 0.0770. The van der Waals surface area contributed by atoms with Gasteiger partial charge in [-0.3, -0.25) is 4.79 Å². The molecule has 0 aromatic heterocycles. The zero-order chi connectivity index (χ0) is 12.0. The van der Waals surface area contributed by atoms with Crippen LogP contribution in [0.1, 0.15) is 33.1 Å². The predicted molar refractivity (Wildman–Crippen MR) is 65.2 cm³/mol. The zero-order valence-electron chi connectivity index (χ0n) is 10.2. The first-order chi connectivity index (χ1) is 7.59. The first-order valence-electron chi connectivity index (χ1n) is 5.94. The van der Waals surface area contributed by atoms with E-state index in [4.69, 9.17) is 5.73 Å². The molecule has 0 atom stereocenters. The monoisotopic (exact) mass is 226 g/mol. The van der Waals surface area contributed by atoms with Crippen molar-refractivity contribution in [3.05, 3.63) is 0 Å². The SMILES string of the molecule is CC(C)NC(N)=NCC(=O)N1CCCCC1. The van der Waals surface area contributed by atoms with Gasteiger partial charge in [0.2, 0.25) is 5.91 Å². The Labute approximate surface area is 97.1 Å². The van der Waals surface area contributed by atoms with Gasteiger partial charge in [0, 0.05) is 19.1 Å². The summed E-state index contributed by atoms with van der Waals surface area (Å²) in [6.45, 7) is 5.85. The summed E-state index contributed by atoms with van der Waals surface area (Å²) in [6.07, 6.45) is 3.44. The summed E-state index contributed by atoms with van der Waals surface area (Å²) in [7, 11) is 0. The molecule has 0 radical (unpaired) electrons. The maximum atomic E-state index is 11.7. The van der Waals surface area contributed by atoms with E-state index in [9.17, 15) is 4.79 Å². The summed E-state index contributed by atoms with van der Waals surface area (Å²) in [4.78, 5) is 17.6. The molecule has 0 saturated carbocycles. The van der Waals surface area contributed by atoms with Crippen molar-refractivity contribution < 1.29 is 4.79 Å². The van der Waals surface area contributed by atoms with E-state index in [0.29, 0.717) is 5.96 Å². The van der Waals surface area contributed by atoms with E-state index in [2.05, 4.69) is 10.3 Å². The number of carbonyl (C=O) groups is 1. The number of guanidine groups is 1. The molecule has 1 saturated heterocycles. The fourth-order valence-corrected chi connectivity index (χ4v) is 1.74. The highest BCUT2D eigenvalue weighted by molar-refractivity contribution is 5.84. The van der Waals surface area contributed by atoms with Crippen LogP contribution in [0.25, 0.3) is 0 Å². The molecule has 92 valence electrons. The minimum absolute atomic E-state index is 0.0770. The second-order valence-electron chi connectivity index (χ2n) is 4.44. The van der Waals surface area contributed by atoms with Gasteiger partial charge in [0.25, 0.3) is 0 Å². The smallest absolute Gasteiger partial charge is 0.244 e. The Morgan fingerprint density at radius 2 is 2.00 bits per heavy atom. The van der Waals surface area contributed by atoms with Gasteiger partial charge >= 0.3 is 0 Å². The Kier molecular flexibility index (Phi) is 5.08. The molecular formula is C11H22N4O. The number of aliphatic imine (C=N–C) groups is 1. The lowest BCUT2D eigenvalue weighted by Gasteiger charge is -2.26. The Morgan fingerprint density at radius 3 is 2.56 bits per heavy atom. The number of nitrogens with zero attached hydrogens (tertiary/aromatic N) is 2. The van der Waals surface area contributed by atoms with Crippen LogP contribution in [0.2, 0.25) is 0 Å². The third kappa shape index (κ3) is 4.51. The highest BCUT2D eigenvalue weighted by Gasteiger charge is 2.15. The van der Waals surface area contributed by atoms with E-state index in [1.807, 2.05) is 18.7 Å². The van der Waals surface area contributed by atoms with Crippen LogP contribution in [-0.4, -0.2) is 42.4 Å². The molecule has 0 aromatic carbocycles. The van der Waals surface area contributed by atoms with Gasteiger partial charge in [0.05, 0.1) is 0 Å². The van der Waals surface area contributed by atoms with Crippen molar-refractivity contribution >= 4 is 11.9 Å². The van der Waals surface area contributed by atoms with Gasteiger partial charge in [-0.2, -0.15) is 0 Å². The molecule has 0 aromatic rings. The molecule has 1 fully saturated rings. The number of amides is 1. The van der Waals surface area contributed by atoms with Crippen molar-refractivity contribution in [3.63, 3.8) is 0 Å². The summed E-state index contributed by atoms with van der Waals surface area (Å²) >= 11 is 0. The van der Waals surface area contributed by atoms with E-state index < -0.39 is 0 Å². The van der Waals surface area contributed by atoms with Crippen LogP contribution in [0.3, 0.4) is 0 Å². The van der Waals surface area contributed by atoms with E-state index in [-0.39, 0.29) is 18.5 Å². The molecule has 1 amide bonds. The van der Waals surface area contributed by atoms with Crippen molar-refractivity contribution in [3.8, 4) is 0 Å². The maximum Gasteiger partial charge on any atom is 0.244 e. The maximum absolute atomic E-state index is 11.7. The molecule has 0 aliphatic carbocycles. The number of carbonyl (C=O) groups excluding carboxylic acids is 1. The van der Waals surface area contributed by atoms with Crippen molar-refractivity contribution in [1.82, 2.24) is 10.2 Å². The Hall–Kier alpha value is -1.26. The normalized spacial score (nSPS) is 17.7. The summed E-state index contributed by atoms with van der Waals surface area (Å²) in [5.74, 6) is 0.425. The van der Waals surface area contributed by atoms with Crippen LogP contribution >= 0.6 is 0 Å². The standard InChI is InChI=1S/C11H22N4O/c1-9(2)14-11(12)13-8-10(16)15-6-4-3-5-7-15/h9H,3-8H2,1-2H3,(H3,12,13,14). The Bertz CT molecular complexity index is 257. The quantitative estimate of drug-likeness (QED) is 0.537. The summed E-state index contributed by atoms with van der Waals surface area (Å²) in [5, 5.41) is 2.96. The fourth-order valence-electron chi connectivity index (χ4n) is 1.74. The number of likely N-dealkylation sites (tertiary alicyclic amines) is 1. The molecule has 3 N–H and O–H groups in total. The van der Waals surface area contributed by atoms with Gasteiger partial charge in [-0.15, -0.1) is 0 Å². The second-order valence-corrected chi connectivity index (χ2v) is 4.44. The average molecular weight is 226 g/mol. The largest absolute Gasteiger partial charge is 0.370 e. The lowest BCUT2D eigenvalue weighted by molar-refractivity contribution is -0.130. The van der Waals surface area contributed by atoms with E-state index in [1.165, 1.54) is 6.42 Å². The lowest BCUT2D eigenvalue weighted by atomic mass is 10.1. The van der Waals surface area contributed by atoms with E-state index >= 15 is 0 Å². The van der Waals surface area contributed by atoms with Crippen LogP contribution in [-0.2, 0) is 4.79 Å². The summed E-state index contributed by atoms with van der Waals surface area (Å²) in [5.41, 5.74) is 5.62. The molecule has 5 heteroatoms. The van der Waals surface area contributed by atoms with Gasteiger partial charge in [-0.05, 0) is 33.1 Å². The number of nitrogens with one attached hydrogen (secondary N) is 1. The minimum Gasteiger partial charge on any atom is -0.370 e. The third-order valence-corrected chi connectivity index (χ3v) is 2.53. The van der Waals surface area contributed by atoms with E-state index in [0.717, 1.165) is 25.9 Å². The van der Waals surface area contributed by atoms with Crippen LogP contribution in [0, 0.1) is 0 Å². The van der Waals surface area contributed by atoms with Gasteiger partial charge in [-0.25, -0.2) is 4.99 Å². The van der Waals surface area contributed by atoms with Gasteiger partial charge in [0.1, 0.15) is 6.54 Å². The zero-order valence-corrected chi connectivity index (χ0v) is 10.2. The van der Waals surface area contributed by atoms with Crippen molar-refractivity contribution in [2.75, 3.05) is 19.6 Å². The van der Waals surface area contributed by atoms with Crippen molar-refractivity contribution in [2.45, 2.75) is 39.2 Å². The van der Waals surface area contributed by atoms with Crippen molar-refractivity contribution in [1.29, 1.82) is 0 Å². The molecule has 1 heterocycles. The molecule has 0 bridgehead atoms. The van der Waals surface area contributed by atoms with Crippen LogP contribution in [0.4, 0.5) is 0 Å². The second kappa shape index (κ2) is 6.35. The lowest BCUT2D eigenvalue weighted by Crippen LogP contribution is -2.40. The molecule has 0 unspecified atom stereocenters. The first kappa shape index (κ1) is 12.8. The topological polar surface area (TPSA) is 70.7 Å². The van der Waals surface area contributed by atoms with Crippen LogP contribution < -0.4 is 11.1 Å². The van der Waals surface area contributed by atoms with Gasteiger partial charge < -0.3 is 16.0 Å². The average Bonchev–Trinajstić information content (AvgIpc) is 2.26. The molecule has 16 heavy (non-hydrogen) atoms. The number of nitrogens with two attached hydrogens (primary N) is 1. The predicted octanol–water partition coefficient (Wildman–Crippen LogP) is 0.312. The van der Waals surface area contributed by atoms with Crippen LogP contribution in [0.5, 0.6) is 0 Å². The molecule has 0 spiro atoms. The van der Waals surface area contributed by atoms with Crippen LogP contribution in [0.15, 0.2) is 4.99 Å².